The largest absolute Gasteiger partial charge is 0.493 e. The molecule has 0 heterocycles. The standard InChI is InChI=1S/C36H40ClN3O6S/c1-36(2,3)38-35(42)31(22-26-13-8-6-9-14-26)39(24-27-15-12-16-28(37)21-27)34(41)25-40(47(43,44)30-17-10-7-11-18-30)29-19-20-32(45-4)33(23-29)46-5/h6-21,23,31H,22,24-25H2,1-5H3,(H,38,42)/t31-/m1/s1. The summed E-state index contributed by atoms with van der Waals surface area (Å²) in [6, 6.07) is 27.9. The van der Waals surface area contributed by atoms with Crippen LogP contribution >= 0.6 is 11.6 Å². The van der Waals surface area contributed by atoms with E-state index in [0.29, 0.717) is 16.3 Å². The van der Waals surface area contributed by atoms with Crippen molar-refractivity contribution in [3.8, 4) is 11.5 Å². The van der Waals surface area contributed by atoms with E-state index in [0.717, 1.165) is 9.87 Å². The Morgan fingerprint density at radius 1 is 0.809 bits per heavy atom. The molecule has 0 fully saturated rings. The topological polar surface area (TPSA) is 105 Å². The van der Waals surface area contributed by atoms with Gasteiger partial charge in [-0.3, -0.25) is 13.9 Å². The third-order valence-corrected chi connectivity index (χ3v) is 9.30. The van der Waals surface area contributed by atoms with Gasteiger partial charge in [-0.05, 0) is 68.3 Å². The zero-order valence-electron chi connectivity index (χ0n) is 27.1. The van der Waals surface area contributed by atoms with Crippen LogP contribution in [0.1, 0.15) is 31.9 Å². The number of halogens is 1. The molecule has 4 rings (SSSR count). The van der Waals surface area contributed by atoms with Gasteiger partial charge in [-0.15, -0.1) is 0 Å². The highest BCUT2D eigenvalue weighted by atomic mass is 35.5. The molecule has 0 aliphatic heterocycles. The van der Waals surface area contributed by atoms with Crippen LogP contribution in [0.5, 0.6) is 11.5 Å². The van der Waals surface area contributed by atoms with Crippen LogP contribution in [0.15, 0.2) is 108 Å². The highest BCUT2D eigenvalue weighted by Crippen LogP contribution is 2.34. The molecule has 1 atom stereocenters. The molecule has 0 saturated carbocycles. The summed E-state index contributed by atoms with van der Waals surface area (Å²) in [4.78, 5) is 30.0. The van der Waals surface area contributed by atoms with Crippen LogP contribution in [0.2, 0.25) is 5.02 Å². The van der Waals surface area contributed by atoms with Crippen molar-refractivity contribution in [1.29, 1.82) is 0 Å². The monoisotopic (exact) mass is 677 g/mol. The Morgan fingerprint density at radius 2 is 1.43 bits per heavy atom. The first-order valence-electron chi connectivity index (χ1n) is 15.0. The average molecular weight is 678 g/mol. The Kier molecular flexibility index (Phi) is 11.5. The van der Waals surface area contributed by atoms with Crippen LogP contribution in [-0.4, -0.2) is 57.5 Å². The van der Waals surface area contributed by atoms with Gasteiger partial charge in [0.15, 0.2) is 11.5 Å². The number of carbonyl (C=O) groups is 2. The van der Waals surface area contributed by atoms with Gasteiger partial charge in [-0.2, -0.15) is 0 Å². The average Bonchev–Trinajstić information content (AvgIpc) is 3.04. The lowest BCUT2D eigenvalue weighted by Crippen LogP contribution is -2.56. The number of benzene rings is 4. The van der Waals surface area contributed by atoms with Gasteiger partial charge in [-0.25, -0.2) is 8.42 Å². The van der Waals surface area contributed by atoms with Crippen LogP contribution in [-0.2, 0) is 32.6 Å². The third kappa shape index (κ3) is 9.27. The molecular weight excluding hydrogens is 638 g/mol. The SMILES string of the molecule is COc1ccc(N(CC(=O)N(Cc2cccc(Cl)c2)[C@H](Cc2ccccc2)C(=O)NC(C)(C)C)S(=O)(=O)c2ccccc2)cc1OC. The third-order valence-electron chi connectivity index (χ3n) is 7.28. The van der Waals surface area contributed by atoms with Gasteiger partial charge >= 0.3 is 0 Å². The summed E-state index contributed by atoms with van der Waals surface area (Å²) in [5.41, 5.74) is 1.09. The van der Waals surface area contributed by atoms with E-state index in [1.54, 1.807) is 54.6 Å². The molecule has 1 N–H and O–H groups in total. The Bertz CT molecular complexity index is 1780. The first-order valence-corrected chi connectivity index (χ1v) is 16.8. The van der Waals surface area contributed by atoms with Crippen molar-refractivity contribution >= 4 is 39.1 Å². The molecule has 0 bridgehead atoms. The van der Waals surface area contributed by atoms with Crippen molar-refractivity contribution in [2.75, 3.05) is 25.1 Å². The number of methoxy groups -OCH3 is 2. The Hall–Kier alpha value is -4.54. The second-order valence-corrected chi connectivity index (χ2v) is 14.3. The van der Waals surface area contributed by atoms with Crippen LogP contribution in [0.25, 0.3) is 0 Å². The van der Waals surface area contributed by atoms with Crippen LogP contribution in [0.4, 0.5) is 5.69 Å². The van der Waals surface area contributed by atoms with Crippen molar-refractivity contribution in [3.63, 3.8) is 0 Å². The zero-order chi connectivity index (χ0) is 34.2. The van der Waals surface area contributed by atoms with Gasteiger partial charge < -0.3 is 19.7 Å². The van der Waals surface area contributed by atoms with E-state index in [1.165, 1.54) is 37.3 Å². The zero-order valence-corrected chi connectivity index (χ0v) is 28.7. The lowest BCUT2D eigenvalue weighted by molar-refractivity contribution is -0.140. The maximum absolute atomic E-state index is 14.6. The fourth-order valence-corrected chi connectivity index (χ4v) is 6.71. The Morgan fingerprint density at radius 3 is 2.02 bits per heavy atom. The summed E-state index contributed by atoms with van der Waals surface area (Å²) >= 11 is 6.32. The van der Waals surface area contributed by atoms with Gasteiger partial charge in [0.05, 0.1) is 24.8 Å². The van der Waals surface area contributed by atoms with Crippen LogP contribution < -0.4 is 19.1 Å². The summed E-state index contributed by atoms with van der Waals surface area (Å²) in [5, 5.41) is 3.48. The molecule has 4 aromatic carbocycles. The minimum Gasteiger partial charge on any atom is -0.493 e. The van der Waals surface area contributed by atoms with Crippen LogP contribution in [0.3, 0.4) is 0 Å². The van der Waals surface area contributed by atoms with Crippen molar-refractivity contribution < 1.29 is 27.5 Å². The van der Waals surface area contributed by atoms with E-state index in [9.17, 15) is 18.0 Å². The van der Waals surface area contributed by atoms with E-state index < -0.39 is 34.1 Å². The van der Waals surface area contributed by atoms with Gasteiger partial charge in [0.25, 0.3) is 10.0 Å². The van der Waals surface area contributed by atoms with Crippen LogP contribution in [0, 0.1) is 0 Å². The number of carbonyl (C=O) groups excluding carboxylic acids is 2. The molecule has 0 saturated heterocycles. The molecule has 9 nitrogen and oxygen atoms in total. The molecule has 248 valence electrons. The smallest absolute Gasteiger partial charge is 0.264 e. The number of amides is 2. The maximum atomic E-state index is 14.6. The first kappa shape index (κ1) is 35.3. The maximum Gasteiger partial charge on any atom is 0.264 e. The molecule has 47 heavy (non-hydrogen) atoms. The molecule has 11 heteroatoms. The molecule has 0 radical (unpaired) electrons. The molecular formula is C36H40ClN3O6S. The fourth-order valence-electron chi connectivity index (χ4n) is 5.07. The first-order chi connectivity index (χ1) is 22.3. The molecule has 4 aromatic rings. The van der Waals surface area contributed by atoms with Crippen molar-refractivity contribution in [1.82, 2.24) is 10.2 Å². The van der Waals surface area contributed by atoms with E-state index >= 15 is 0 Å². The minimum absolute atomic E-state index is 0.000382. The summed E-state index contributed by atoms with van der Waals surface area (Å²) in [7, 11) is -1.36. The molecule has 0 aromatic heterocycles. The summed E-state index contributed by atoms with van der Waals surface area (Å²) in [6.07, 6.45) is 0.191. The predicted molar refractivity (Wildman–Crippen MR) is 184 cm³/mol. The normalized spacial score (nSPS) is 12.1. The summed E-state index contributed by atoms with van der Waals surface area (Å²) in [5.74, 6) is -0.290. The number of anilines is 1. The second-order valence-electron chi connectivity index (χ2n) is 12.0. The predicted octanol–water partition coefficient (Wildman–Crippen LogP) is 6.11. The summed E-state index contributed by atoms with van der Waals surface area (Å²) < 4.78 is 40.3. The highest BCUT2D eigenvalue weighted by molar-refractivity contribution is 7.92. The lowest BCUT2D eigenvalue weighted by atomic mass is 10.0. The van der Waals surface area contributed by atoms with E-state index in [4.69, 9.17) is 21.1 Å². The number of nitrogens with zero attached hydrogens (tertiary/aromatic N) is 2. The molecule has 2 amide bonds. The minimum atomic E-state index is -4.27. The van der Waals surface area contributed by atoms with E-state index in [-0.39, 0.29) is 35.2 Å². The number of ether oxygens (including phenoxy) is 2. The van der Waals surface area contributed by atoms with E-state index in [1.807, 2.05) is 51.1 Å². The fraction of sp³-hybridized carbons (Fsp3) is 0.278. The van der Waals surface area contributed by atoms with Crippen molar-refractivity contribution in [2.24, 2.45) is 0 Å². The highest BCUT2D eigenvalue weighted by Gasteiger charge is 2.36. The van der Waals surface area contributed by atoms with Gasteiger partial charge in [0.1, 0.15) is 12.6 Å². The number of hydrogen-bond acceptors (Lipinski definition) is 6. The molecule has 0 aliphatic carbocycles. The Balaban J connectivity index is 1.85. The molecule has 0 aliphatic rings. The van der Waals surface area contributed by atoms with Gasteiger partial charge in [0, 0.05) is 29.6 Å². The lowest BCUT2D eigenvalue weighted by Gasteiger charge is -2.35. The Labute approximate surface area is 282 Å². The van der Waals surface area contributed by atoms with Gasteiger partial charge in [-0.1, -0.05) is 72.3 Å². The number of hydrogen-bond donors (Lipinski definition) is 1. The molecule has 0 unspecified atom stereocenters. The second kappa shape index (κ2) is 15.4. The molecule has 0 spiro atoms. The summed E-state index contributed by atoms with van der Waals surface area (Å²) in [6.45, 7) is 4.97. The number of rotatable bonds is 13. The van der Waals surface area contributed by atoms with Gasteiger partial charge in [0.2, 0.25) is 11.8 Å². The van der Waals surface area contributed by atoms with Crippen molar-refractivity contribution in [2.45, 2.75) is 50.2 Å². The quantitative estimate of drug-likeness (QED) is 0.183. The van der Waals surface area contributed by atoms with E-state index in [2.05, 4.69) is 5.32 Å². The number of nitrogens with one attached hydrogen (secondary N) is 1. The number of sulfonamides is 1. The van der Waals surface area contributed by atoms with Crippen molar-refractivity contribution in [3.05, 3.63) is 119 Å².